The number of carboxylic acid groups (broad SMARTS) is 1. The minimum atomic E-state index is -4.78. The Bertz CT molecular complexity index is 1690. The summed E-state index contributed by atoms with van der Waals surface area (Å²) in [6.07, 6.45) is -6.05. The van der Waals surface area contributed by atoms with Crippen LogP contribution in [0.2, 0.25) is 0 Å². The van der Waals surface area contributed by atoms with Gasteiger partial charge in [-0.25, -0.2) is 12.8 Å². The van der Waals surface area contributed by atoms with Gasteiger partial charge in [-0.15, -0.1) is 0 Å². The predicted molar refractivity (Wildman–Crippen MR) is 132 cm³/mol. The number of aromatic nitrogens is 2. The second kappa shape index (κ2) is 10.3. The molecule has 5 rings (SSSR count). The fourth-order valence-corrected chi connectivity index (χ4v) is 5.70. The summed E-state index contributed by atoms with van der Waals surface area (Å²) in [4.78, 5) is 14.7. The summed E-state index contributed by atoms with van der Waals surface area (Å²) >= 11 is 0. The number of sulfonamides is 1. The number of ether oxygens (including phenoxy) is 1. The van der Waals surface area contributed by atoms with Crippen molar-refractivity contribution in [3.8, 4) is 28.6 Å². The third-order valence-electron chi connectivity index (χ3n) is 6.11. The van der Waals surface area contributed by atoms with Gasteiger partial charge in [0.25, 0.3) is 15.9 Å². The molecule has 208 valence electrons. The van der Waals surface area contributed by atoms with Crippen molar-refractivity contribution in [2.75, 3.05) is 10.8 Å². The zero-order valence-corrected chi connectivity index (χ0v) is 21.1. The largest absolute Gasteiger partial charge is 0.486 e. The number of carbonyl (C=O) groups is 1. The van der Waals surface area contributed by atoms with Gasteiger partial charge < -0.3 is 14.4 Å². The van der Waals surface area contributed by atoms with Crippen LogP contribution in [-0.2, 0) is 21.0 Å². The summed E-state index contributed by atoms with van der Waals surface area (Å²) in [6, 6.07) is 13.3. The number of carboxylic acids is 1. The summed E-state index contributed by atoms with van der Waals surface area (Å²) in [6.45, 7) is -0.366. The van der Waals surface area contributed by atoms with E-state index in [0.29, 0.717) is 6.07 Å². The first kappa shape index (κ1) is 27.1. The second-order valence-electron chi connectivity index (χ2n) is 8.82. The number of anilines is 1. The first-order valence-electron chi connectivity index (χ1n) is 11.7. The highest BCUT2D eigenvalue weighted by molar-refractivity contribution is 7.92. The molecule has 1 aliphatic rings. The average molecular weight is 578 g/mol. The number of halogens is 4. The number of fused-ring (bicyclic) bond motifs is 1. The highest BCUT2D eigenvalue weighted by atomic mass is 32.2. The first-order valence-corrected chi connectivity index (χ1v) is 13.2. The van der Waals surface area contributed by atoms with Gasteiger partial charge in [-0.3, -0.25) is 9.10 Å². The van der Waals surface area contributed by atoms with Crippen LogP contribution in [0.25, 0.3) is 22.8 Å². The topological polar surface area (TPSA) is 123 Å². The molecule has 0 fully saturated rings. The Morgan fingerprint density at radius 1 is 1.07 bits per heavy atom. The third-order valence-corrected chi connectivity index (χ3v) is 7.88. The molecule has 0 unspecified atom stereocenters. The second-order valence-corrected chi connectivity index (χ2v) is 10.7. The van der Waals surface area contributed by atoms with Crippen molar-refractivity contribution in [3.05, 3.63) is 78.1 Å². The molecule has 3 aromatic carbocycles. The van der Waals surface area contributed by atoms with Crippen molar-refractivity contribution in [2.24, 2.45) is 0 Å². The molecule has 0 aliphatic carbocycles. The van der Waals surface area contributed by atoms with E-state index < -0.39 is 44.5 Å². The zero-order valence-electron chi connectivity index (χ0n) is 20.3. The van der Waals surface area contributed by atoms with Gasteiger partial charge in [-0.2, -0.15) is 18.2 Å². The van der Waals surface area contributed by atoms with Gasteiger partial charge in [-0.05, 0) is 55.0 Å². The van der Waals surface area contributed by atoms with E-state index in [-0.39, 0.29) is 53.7 Å². The van der Waals surface area contributed by atoms with E-state index in [1.165, 1.54) is 36.4 Å². The number of nitrogens with zero attached hydrogens (tertiary/aromatic N) is 3. The molecule has 4 aromatic rings. The molecule has 0 saturated carbocycles. The van der Waals surface area contributed by atoms with E-state index in [1.807, 2.05) is 0 Å². The lowest BCUT2D eigenvalue weighted by molar-refractivity contribution is -0.138. The zero-order chi connectivity index (χ0) is 28.7. The lowest BCUT2D eigenvalue weighted by Crippen LogP contribution is -2.43. The van der Waals surface area contributed by atoms with Crippen LogP contribution in [0.15, 0.2) is 76.1 Å². The first-order chi connectivity index (χ1) is 18.9. The Balaban J connectivity index is 1.57. The van der Waals surface area contributed by atoms with Gasteiger partial charge in [-0.1, -0.05) is 23.4 Å². The molecule has 0 spiro atoms. The van der Waals surface area contributed by atoms with Crippen LogP contribution in [0.4, 0.5) is 23.2 Å². The molecule has 2 heterocycles. The number of aliphatic carboxylic acids is 1. The summed E-state index contributed by atoms with van der Waals surface area (Å²) < 4.78 is 93.4. The van der Waals surface area contributed by atoms with Crippen LogP contribution in [0.3, 0.4) is 0 Å². The van der Waals surface area contributed by atoms with Gasteiger partial charge in [0.2, 0.25) is 5.82 Å². The molecule has 9 nitrogen and oxygen atoms in total. The summed E-state index contributed by atoms with van der Waals surface area (Å²) in [7, 11) is -4.58. The highest BCUT2D eigenvalue weighted by Crippen LogP contribution is 2.41. The summed E-state index contributed by atoms with van der Waals surface area (Å²) in [5.74, 6) is -1.80. The Morgan fingerprint density at radius 3 is 2.58 bits per heavy atom. The van der Waals surface area contributed by atoms with E-state index >= 15 is 0 Å². The van der Waals surface area contributed by atoms with Crippen LogP contribution in [0.5, 0.6) is 5.75 Å². The number of benzene rings is 3. The van der Waals surface area contributed by atoms with Crippen LogP contribution < -0.4 is 9.04 Å². The third kappa shape index (κ3) is 5.34. The van der Waals surface area contributed by atoms with Crippen LogP contribution in [0, 0.1) is 5.82 Å². The molecule has 0 saturated heterocycles. The standard InChI is InChI=1S/C26H19F4N3O6S/c27-20-7-2-1-6-19(20)25-31-24(32-39-25)15-8-10-22-21(12-15)33(14-17(38-22)9-11-23(34)35)40(36,37)18-5-3-4-16(13-18)26(28,29)30/h1-8,10,12-13,17H,9,11,14H2,(H,34,35)/t17-/m1/s1. The van der Waals surface area contributed by atoms with Gasteiger partial charge in [0, 0.05) is 12.0 Å². The molecule has 0 amide bonds. The Kier molecular flexibility index (Phi) is 6.96. The number of hydrogen-bond donors (Lipinski definition) is 1. The van der Waals surface area contributed by atoms with E-state index in [1.54, 1.807) is 6.07 Å². The Labute approximate surface area is 224 Å². The van der Waals surface area contributed by atoms with Crippen molar-refractivity contribution >= 4 is 21.7 Å². The number of hydrogen-bond acceptors (Lipinski definition) is 7. The monoisotopic (exact) mass is 577 g/mol. The van der Waals surface area contributed by atoms with Crippen LogP contribution >= 0.6 is 0 Å². The molecular weight excluding hydrogens is 558 g/mol. The molecule has 40 heavy (non-hydrogen) atoms. The maximum absolute atomic E-state index is 14.2. The molecule has 1 aromatic heterocycles. The van der Waals surface area contributed by atoms with Gasteiger partial charge in [0.05, 0.1) is 28.3 Å². The molecular formula is C26H19F4N3O6S. The van der Waals surface area contributed by atoms with Crippen molar-refractivity contribution in [1.29, 1.82) is 0 Å². The lowest BCUT2D eigenvalue weighted by Gasteiger charge is -2.35. The van der Waals surface area contributed by atoms with Crippen molar-refractivity contribution in [3.63, 3.8) is 0 Å². The average Bonchev–Trinajstić information content (AvgIpc) is 3.41. The van der Waals surface area contributed by atoms with Crippen molar-refractivity contribution < 1.29 is 45.1 Å². The van der Waals surface area contributed by atoms with Gasteiger partial charge in [0.15, 0.2) is 0 Å². The lowest BCUT2D eigenvalue weighted by atomic mass is 10.1. The molecule has 1 aliphatic heterocycles. The van der Waals surface area contributed by atoms with Crippen molar-refractivity contribution in [1.82, 2.24) is 10.1 Å². The maximum atomic E-state index is 14.2. The smallest absolute Gasteiger partial charge is 0.416 e. The van der Waals surface area contributed by atoms with Crippen LogP contribution in [-0.4, -0.2) is 42.3 Å². The molecule has 0 radical (unpaired) electrons. The quantitative estimate of drug-likeness (QED) is 0.291. The van der Waals surface area contributed by atoms with E-state index in [0.717, 1.165) is 22.5 Å². The molecule has 1 atom stereocenters. The van der Waals surface area contributed by atoms with Crippen molar-refractivity contribution in [2.45, 2.75) is 30.0 Å². The fraction of sp³-hybridized carbons (Fsp3) is 0.192. The summed E-state index contributed by atoms with van der Waals surface area (Å²) in [5.41, 5.74) is -0.871. The fourth-order valence-electron chi connectivity index (χ4n) is 4.16. The van der Waals surface area contributed by atoms with E-state index in [2.05, 4.69) is 10.1 Å². The van der Waals surface area contributed by atoms with Gasteiger partial charge >= 0.3 is 12.1 Å². The Hall–Kier alpha value is -4.46. The molecule has 14 heteroatoms. The highest BCUT2D eigenvalue weighted by Gasteiger charge is 2.37. The van der Waals surface area contributed by atoms with E-state index in [9.17, 15) is 30.8 Å². The van der Waals surface area contributed by atoms with Crippen LogP contribution in [0.1, 0.15) is 18.4 Å². The maximum Gasteiger partial charge on any atom is 0.416 e. The molecule has 0 bridgehead atoms. The minimum absolute atomic E-state index is 0.00882. The summed E-state index contributed by atoms with van der Waals surface area (Å²) in [5, 5.41) is 12.9. The minimum Gasteiger partial charge on any atom is -0.486 e. The number of alkyl halides is 3. The SMILES string of the molecule is O=C(O)CC[C@@H]1CN(S(=O)(=O)c2cccc(C(F)(F)F)c2)c2cc(-c3noc(-c4ccccc4F)n3)ccc2O1. The van der Waals surface area contributed by atoms with Gasteiger partial charge in [0.1, 0.15) is 17.7 Å². The predicted octanol–water partition coefficient (Wildman–Crippen LogP) is 5.38. The van der Waals surface area contributed by atoms with E-state index in [4.69, 9.17) is 14.4 Å². The number of rotatable bonds is 7. The Morgan fingerprint density at radius 2 is 1.85 bits per heavy atom. The molecule has 1 N–H and O–H groups in total. The normalized spacial score (nSPS) is 15.4.